The fourth-order valence-electron chi connectivity index (χ4n) is 0. The predicted octanol–water partition coefficient (Wildman–Crippen LogP) is 2.73. The minimum Gasteiger partial charge on any atom is -0.196 e. The maximum atomic E-state index is 11.2. The van der Waals surface area contributed by atoms with Gasteiger partial charge in [-0.15, -0.1) is 0 Å². The van der Waals surface area contributed by atoms with Crippen molar-refractivity contribution in [2.75, 3.05) is 0 Å². The SMILES string of the molecule is F/C(Cl)=C(/F)I. The molecule has 0 bridgehead atoms. The van der Waals surface area contributed by atoms with E-state index in [9.17, 15) is 8.78 Å². The van der Waals surface area contributed by atoms with Gasteiger partial charge in [0.05, 0.1) is 0 Å². The summed E-state index contributed by atoms with van der Waals surface area (Å²) in [5.41, 5.74) is 0. The molecule has 0 saturated carbocycles. The molecule has 0 saturated heterocycles. The molecular weight excluding hydrogens is 224 g/mol. The topological polar surface area (TPSA) is 0 Å². The summed E-state index contributed by atoms with van der Waals surface area (Å²) < 4.78 is 21.3. The second kappa shape index (κ2) is 2.74. The highest BCUT2D eigenvalue weighted by Gasteiger charge is 1.92. The molecule has 6 heavy (non-hydrogen) atoms. The second-order valence-corrected chi connectivity index (χ2v) is 1.80. The first kappa shape index (κ1) is 6.62. The van der Waals surface area contributed by atoms with E-state index < -0.39 is 9.12 Å². The highest BCUT2D eigenvalue weighted by Crippen LogP contribution is 2.17. The van der Waals surface area contributed by atoms with E-state index in [4.69, 9.17) is 0 Å². The molecule has 0 spiro atoms. The monoisotopic (exact) mass is 224 g/mol. The van der Waals surface area contributed by atoms with E-state index in [1.165, 1.54) is 0 Å². The molecule has 0 radical (unpaired) electrons. The van der Waals surface area contributed by atoms with Crippen molar-refractivity contribution >= 4 is 34.2 Å². The lowest BCUT2D eigenvalue weighted by Crippen LogP contribution is -1.51. The molecule has 0 fully saturated rings. The van der Waals surface area contributed by atoms with Crippen LogP contribution in [0, 0.1) is 0 Å². The van der Waals surface area contributed by atoms with Crippen LogP contribution in [0.5, 0.6) is 0 Å². The van der Waals surface area contributed by atoms with Crippen LogP contribution in [-0.4, -0.2) is 0 Å². The highest BCUT2D eigenvalue weighted by atomic mass is 127. The first-order valence-electron chi connectivity index (χ1n) is 1.01. The van der Waals surface area contributed by atoms with Crippen molar-refractivity contribution in [1.82, 2.24) is 0 Å². The summed E-state index contributed by atoms with van der Waals surface area (Å²) in [6, 6.07) is 0. The van der Waals surface area contributed by atoms with Gasteiger partial charge in [-0.2, -0.15) is 8.78 Å². The van der Waals surface area contributed by atoms with Crippen molar-refractivity contribution in [3.8, 4) is 0 Å². The molecule has 4 heteroatoms. The third kappa shape index (κ3) is 2.84. The first-order valence-corrected chi connectivity index (χ1v) is 2.46. The normalized spacial score (nSPS) is 14.0. The first-order chi connectivity index (χ1) is 2.64. The zero-order valence-corrected chi connectivity index (χ0v) is 5.43. The number of hydrogen-bond donors (Lipinski definition) is 0. The van der Waals surface area contributed by atoms with Crippen LogP contribution in [-0.2, 0) is 0 Å². The molecule has 0 atom stereocenters. The van der Waals surface area contributed by atoms with Gasteiger partial charge in [-0.1, -0.05) is 0 Å². The lowest BCUT2D eigenvalue weighted by atomic mass is 11.2. The van der Waals surface area contributed by atoms with Crippen LogP contribution in [0.25, 0.3) is 0 Å². The van der Waals surface area contributed by atoms with Crippen LogP contribution in [0.1, 0.15) is 0 Å². The highest BCUT2D eigenvalue weighted by molar-refractivity contribution is 14.1. The van der Waals surface area contributed by atoms with Gasteiger partial charge in [-0.3, -0.25) is 0 Å². The Morgan fingerprint density at radius 3 is 1.67 bits per heavy atom. The average Bonchev–Trinajstić information content (AvgIpc) is 1.36. The third-order valence-electron chi connectivity index (χ3n) is 0.143. The van der Waals surface area contributed by atoms with E-state index >= 15 is 0 Å². The maximum absolute atomic E-state index is 11.2. The molecule has 0 aromatic rings. The van der Waals surface area contributed by atoms with Crippen LogP contribution in [0.4, 0.5) is 8.78 Å². The zero-order valence-electron chi connectivity index (χ0n) is 2.51. The summed E-state index contributed by atoms with van der Waals surface area (Å²) in [5.74, 6) is 0. The Morgan fingerprint density at radius 2 is 1.67 bits per heavy atom. The predicted molar refractivity (Wildman–Crippen MR) is 29.1 cm³/mol. The smallest absolute Gasteiger partial charge is 0.196 e. The summed E-state index contributed by atoms with van der Waals surface area (Å²) in [6.45, 7) is 0. The average molecular weight is 224 g/mol. The number of hydrogen-bond acceptors (Lipinski definition) is 0. The molecule has 0 aromatic carbocycles. The molecule has 36 valence electrons. The molecule has 0 nitrogen and oxygen atoms in total. The van der Waals surface area contributed by atoms with Crippen LogP contribution in [0.15, 0.2) is 9.12 Å². The minimum absolute atomic E-state index is 1.01. The molecule has 0 heterocycles. The maximum Gasteiger partial charge on any atom is 0.231 e. The van der Waals surface area contributed by atoms with E-state index in [0.717, 1.165) is 22.6 Å². The third-order valence-corrected chi connectivity index (χ3v) is 1.10. The molecule has 0 aliphatic carbocycles. The number of rotatable bonds is 0. The van der Waals surface area contributed by atoms with Crippen molar-refractivity contribution < 1.29 is 8.78 Å². The van der Waals surface area contributed by atoms with Crippen LogP contribution in [0.3, 0.4) is 0 Å². The summed E-state index contributed by atoms with van der Waals surface area (Å²) in [5, 5.41) is -1.28. The van der Waals surface area contributed by atoms with Gasteiger partial charge in [0, 0.05) is 0 Å². The van der Waals surface area contributed by atoms with Gasteiger partial charge in [-0.05, 0) is 34.2 Å². The van der Waals surface area contributed by atoms with Gasteiger partial charge in [0.1, 0.15) is 0 Å². The van der Waals surface area contributed by atoms with Gasteiger partial charge in [-0.25, -0.2) is 0 Å². The van der Waals surface area contributed by atoms with E-state index in [-0.39, 0.29) is 0 Å². The fourth-order valence-corrected chi connectivity index (χ4v) is 0. The van der Waals surface area contributed by atoms with Gasteiger partial charge in [0.2, 0.25) is 9.12 Å². The zero-order chi connectivity index (χ0) is 5.15. The van der Waals surface area contributed by atoms with E-state index in [0.29, 0.717) is 0 Å². The molecule has 0 N–H and O–H groups in total. The minimum atomic E-state index is -1.28. The van der Waals surface area contributed by atoms with E-state index in [1.807, 2.05) is 0 Å². The Bertz CT molecular complexity index is 61.6. The molecule has 0 aliphatic rings. The van der Waals surface area contributed by atoms with Crippen LogP contribution in [0.2, 0.25) is 0 Å². The van der Waals surface area contributed by atoms with Crippen molar-refractivity contribution in [2.24, 2.45) is 0 Å². The van der Waals surface area contributed by atoms with Gasteiger partial charge >= 0.3 is 0 Å². The molecular formula is C2ClF2I. The lowest BCUT2D eigenvalue weighted by molar-refractivity contribution is 0.620. The fraction of sp³-hybridized carbons (Fsp3) is 0. The molecule has 0 rings (SSSR count). The Hall–Kier alpha value is 0.620. The Labute approximate surface area is 52.3 Å². The summed E-state index contributed by atoms with van der Waals surface area (Å²) in [4.78, 5) is 0. The Morgan fingerprint density at radius 1 is 1.50 bits per heavy atom. The number of halogens is 4. The van der Waals surface area contributed by atoms with Crippen molar-refractivity contribution in [1.29, 1.82) is 0 Å². The van der Waals surface area contributed by atoms with E-state index in [2.05, 4.69) is 11.6 Å². The molecule has 0 unspecified atom stereocenters. The summed E-state index contributed by atoms with van der Waals surface area (Å²) in [7, 11) is 0. The quantitative estimate of drug-likeness (QED) is 0.555. The van der Waals surface area contributed by atoms with Crippen molar-refractivity contribution in [3.63, 3.8) is 0 Å². The Balaban J connectivity index is 3.68. The molecule has 0 aliphatic heterocycles. The Kier molecular flexibility index (Phi) is 3.02. The largest absolute Gasteiger partial charge is 0.231 e. The van der Waals surface area contributed by atoms with Gasteiger partial charge < -0.3 is 0 Å². The summed E-state index contributed by atoms with van der Waals surface area (Å²) in [6.07, 6.45) is 0. The van der Waals surface area contributed by atoms with Crippen LogP contribution < -0.4 is 0 Å². The van der Waals surface area contributed by atoms with Crippen molar-refractivity contribution in [2.45, 2.75) is 0 Å². The van der Waals surface area contributed by atoms with Gasteiger partial charge in [0.15, 0.2) is 0 Å². The second-order valence-electron chi connectivity index (χ2n) is 0.521. The van der Waals surface area contributed by atoms with Crippen LogP contribution >= 0.6 is 34.2 Å². The molecule has 0 aromatic heterocycles. The van der Waals surface area contributed by atoms with Gasteiger partial charge in [0.25, 0.3) is 0 Å². The summed E-state index contributed by atoms with van der Waals surface area (Å²) >= 11 is 5.58. The standard InChI is InChI=1S/C2ClF2I/c3-1(4)2(5)6/b2-1-. The van der Waals surface area contributed by atoms with Crippen molar-refractivity contribution in [3.05, 3.63) is 9.12 Å². The lowest BCUT2D eigenvalue weighted by Gasteiger charge is -1.73. The molecule has 0 amide bonds. The van der Waals surface area contributed by atoms with E-state index in [1.54, 1.807) is 0 Å².